The summed E-state index contributed by atoms with van der Waals surface area (Å²) in [4.78, 5) is 15.5. The molecule has 1 aliphatic heterocycles. The first kappa shape index (κ1) is 24.7. The van der Waals surface area contributed by atoms with Gasteiger partial charge >= 0.3 is 5.56 Å². The molecule has 0 spiro atoms. The fourth-order valence-electron chi connectivity index (χ4n) is 4.73. The Morgan fingerprint density at radius 1 is 1.03 bits per heavy atom. The highest BCUT2D eigenvalue weighted by Gasteiger charge is 2.33. The number of halogens is 2. The summed E-state index contributed by atoms with van der Waals surface area (Å²) in [7, 11) is -3.32. The van der Waals surface area contributed by atoms with E-state index in [0.29, 0.717) is 35.9 Å². The predicted molar refractivity (Wildman–Crippen MR) is 137 cm³/mol. The molecule has 0 N–H and O–H groups in total. The van der Waals surface area contributed by atoms with Crippen LogP contribution in [0.15, 0.2) is 59.5 Å². The van der Waals surface area contributed by atoms with Gasteiger partial charge in [0.2, 0.25) is 15.8 Å². The number of hydrogen-bond donors (Lipinski definition) is 0. The van der Waals surface area contributed by atoms with Crippen molar-refractivity contribution < 1.29 is 17.5 Å². The van der Waals surface area contributed by atoms with E-state index in [1.807, 2.05) is 29.2 Å². The van der Waals surface area contributed by atoms with Crippen LogP contribution in [0.2, 0.25) is 5.02 Å². The molecule has 0 saturated carbocycles. The van der Waals surface area contributed by atoms with Gasteiger partial charge in [0.05, 0.1) is 18.1 Å². The zero-order valence-electron chi connectivity index (χ0n) is 19.7. The monoisotopic (exact) mass is 532 g/mol. The molecule has 3 aromatic rings. The second-order valence-corrected chi connectivity index (χ2v) is 11.5. The number of benzene rings is 2. The van der Waals surface area contributed by atoms with Crippen LogP contribution in [-0.4, -0.2) is 67.2 Å². The molecular formula is C25H26ClFN4O4S. The Hall–Kier alpha value is -2.95. The molecule has 0 radical (unpaired) electrons. The Kier molecular flexibility index (Phi) is 6.76. The normalized spacial score (nSPS) is 20.7. The molecule has 8 nitrogen and oxygen atoms in total. The van der Waals surface area contributed by atoms with E-state index in [1.165, 1.54) is 21.4 Å². The van der Waals surface area contributed by atoms with E-state index in [9.17, 15) is 13.2 Å². The van der Waals surface area contributed by atoms with Crippen molar-refractivity contribution in [2.75, 3.05) is 37.3 Å². The summed E-state index contributed by atoms with van der Waals surface area (Å²) >= 11 is 6.13. The minimum Gasteiger partial charge on any atom is -0.479 e. The molecular weight excluding hydrogens is 507 g/mol. The maximum absolute atomic E-state index is 15.2. The summed E-state index contributed by atoms with van der Waals surface area (Å²) in [6.07, 6.45) is 1.08. The standard InChI is InChI=1S/C25H26ClFN4O4S/c1-36(33,34)30-11-9-29(10-12-30)22-16-28-31(20-8-4-7-19(26)15-20)25(32)24(22)35-23-14-18-6-3-2-5-17(18)13-21(23)27/h2-8,15-16,21,23H,9-14H2,1H3. The summed E-state index contributed by atoms with van der Waals surface area (Å²) in [5, 5.41) is 4.78. The van der Waals surface area contributed by atoms with Gasteiger partial charge in [-0.3, -0.25) is 4.79 Å². The number of nitrogens with zero attached hydrogens (tertiary/aromatic N) is 4. The number of rotatable bonds is 5. The van der Waals surface area contributed by atoms with Gasteiger partial charge in [-0.15, -0.1) is 0 Å². The van der Waals surface area contributed by atoms with Crippen molar-refractivity contribution >= 4 is 27.3 Å². The highest BCUT2D eigenvalue weighted by atomic mass is 35.5. The van der Waals surface area contributed by atoms with Gasteiger partial charge in [0.1, 0.15) is 18.0 Å². The Morgan fingerprint density at radius 2 is 1.72 bits per heavy atom. The van der Waals surface area contributed by atoms with Crippen molar-refractivity contribution in [1.82, 2.24) is 14.1 Å². The van der Waals surface area contributed by atoms with E-state index in [4.69, 9.17) is 16.3 Å². The quantitative estimate of drug-likeness (QED) is 0.502. The van der Waals surface area contributed by atoms with E-state index < -0.39 is 27.9 Å². The minimum absolute atomic E-state index is 0.00943. The number of alkyl halides is 1. The van der Waals surface area contributed by atoms with Gasteiger partial charge in [0, 0.05) is 44.0 Å². The fraction of sp³-hybridized carbons (Fsp3) is 0.360. The third kappa shape index (κ3) is 4.98. The molecule has 5 rings (SSSR count). The van der Waals surface area contributed by atoms with Crippen LogP contribution in [0.4, 0.5) is 10.1 Å². The fourth-order valence-corrected chi connectivity index (χ4v) is 5.74. The molecule has 190 valence electrons. The van der Waals surface area contributed by atoms with E-state index in [0.717, 1.165) is 11.1 Å². The van der Waals surface area contributed by atoms with Gasteiger partial charge < -0.3 is 9.64 Å². The van der Waals surface area contributed by atoms with E-state index >= 15 is 4.39 Å². The van der Waals surface area contributed by atoms with Crippen LogP contribution in [-0.2, 0) is 22.9 Å². The molecule has 0 amide bonds. The van der Waals surface area contributed by atoms with E-state index in [-0.39, 0.29) is 25.3 Å². The van der Waals surface area contributed by atoms with Crippen LogP contribution in [0.25, 0.3) is 5.69 Å². The number of anilines is 1. The molecule has 1 aromatic heterocycles. The maximum atomic E-state index is 15.2. The topological polar surface area (TPSA) is 84.7 Å². The predicted octanol–water partition coefficient (Wildman–Crippen LogP) is 2.85. The van der Waals surface area contributed by atoms with Crippen molar-refractivity contribution in [3.8, 4) is 11.4 Å². The van der Waals surface area contributed by atoms with E-state index in [1.54, 1.807) is 24.3 Å². The molecule has 1 saturated heterocycles. The zero-order chi connectivity index (χ0) is 25.4. The lowest BCUT2D eigenvalue weighted by molar-refractivity contribution is 0.0901. The highest BCUT2D eigenvalue weighted by molar-refractivity contribution is 7.88. The van der Waals surface area contributed by atoms with Gasteiger partial charge in [-0.25, -0.2) is 12.8 Å². The summed E-state index contributed by atoms with van der Waals surface area (Å²) in [5.74, 6) is -0.00943. The Balaban J connectivity index is 1.52. The van der Waals surface area contributed by atoms with Gasteiger partial charge in [0.15, 0.2) is 0 Å². The summed E-state index contributed by atoms with van der Waals surface area (Å²) in [6.45, 7) is 1.22. The number of aromatic nitrogens is 2. The van der Waals surface area contributed by atoms with Gasteiger partial charge in [-0.05, 0) is 29.3 Å². The highest BCUT2D eigenvalue weighted by Crippen LogP contribution is 2.31. The van der Waals surface area contributed by atoms with Gasteiger partial charge in [-0.2, -0.15) is 14.1 Å². The summed E-state index contributed by atoms with van der Waals surface area (Å²) < 4.78 is 47.9. The van der Waals surface area contributed by atoms with Crippen LogP contribution in [0.5, 0.6) is 5.75 Å². The van der Waals surface area contributed by atoms with E-state index in [2.05, 4.69) is 5.10 Å². The number of piperazine rings is 1. The molecule has 2 heterocycles. The average molecular weight is 533 g/mol. The van der Waals surface area contributed by atoms with Crippen molar-refractivity contribution in [1.29, 1.82) is 0 Å². The smallest absolute Gasteiger partial charge is 0.316 e. The second-order valence-electron chi connectivity index (χ2n) is 9.05. The van der Waals surface area contributed by atoms with Crippen molar-refractivity contribution in [3.05, 3.63) is 81.2 Å². The van der Waals surface area contributed by atoms with Gasteiger partial charge in [0.25, 0.3) is 0 Å². The molecule has 2 aliphatic rings. The average Bonchev–Trinajstić information content (AvgIpc) is 2.85. The van der Waals surface area contributed by atoms with Crippen LogP contribution in [0.1, 0.15) is 11.1 Å². The number of fused-ring (bicyclic) bond motifs is 1. The molecule has 1 fully saturated rings. The third-order valence-corrected chi connectivity index (χ3v) is 8.18. The van der Waals surface area contributed by atoms with Crippen molar-refractivity contribution in [3.63, 3.8) is 0 Å². The first-order valence-corrected chi connectivity index (χ1v) is 13.9. The molecule has 11 heteroatoms. The van der Waals surface area contributed by atoms with Crippen LogP contribution < -0.4 is 15.2 Å². The molecule has 2 atom stereocenters. The lowest BCUT2D eigenvalue weighted by Gasteiger charge is -2.36. The lowest BCUT2D eigenvalue weighted by Crippen LogP contribution is -2.49. The number of ether oxygens (including phenoxy) is 1. The second kappa shape index (κ2) is 9.84. The number of sulfonamides is 1. The Labute approximate surface area is 213 Å². The lowest BCUT2D eigenvalue weighted by atomic mass is 9.88. The molecule has 36 heavy (non-hydrogen) atoms. The summed E-state index contributed by atoms with van der Waals surface area (Å²) in [5.41, 5.74) is 2.26. The molecule has 2 unspecified atom stereocenters. The van der Waals surface area contributed by atoms with Crippen molar-refractivity contribution in [2.24, 2.45) is 0 Å². The maximum Gasteiger partial charge on any atom is 0.316 e. The molecule has 2 aromatic carbocycles. The Morgan fingerprint density at radius 3 is 2.39 bits per heavy atom. The SMILES string of the molecule is CS(=O)(=O)N1CCN(c2cnn(-c3cccc(Cl)c3)c(=O)c2OC2Cc3ccccc3CC2F)CC1. The third-order valence-electron chi connectivity index (χ3n) is 6.64. The molecule has 0 bridgehead atoms. The first-order chi connectivity index (χ1) is 17.2. The first-order valence-electron chi connectivity index (χ1n) is 11.7. The minimum atomic E-state index is -3.32. The molecule has 1 aliphatic carbocycles. The van der Waals surface area contributed by atoms with Crippen LogP contribution in [0, 0.1) is 0 Å². The zero-order valence-corrected chi connectivity index (χ0v) is 21.3. The summed E-state index contributed by atoms with van der Waals surface area (Å²) in [6, 6.07) is 14.3. The van der Waals surface area contributed by atoms with Crippen LogP contribution >= 0.6 is 11.6 Å². The Bertz CT molecular complexity index is 1440. The largest absolute Gasteiger partial charge is 0.479 e. The number of hydrogen-bond acceptors (Lipinski definition) is 6. The van der Waals surface area contributed by atoms with Crippen LogP contribution in [0.3, 0.4) is 0 Å². The van der Waals surface area contributed by atoms with Crippen molar-refractivity contribution in [2.45, 2.75) is 25.1 Å². The van der Waals surface area contributed by atoms with Gasteiger partial charge in [-0.1, -0.05) is 41.9 Å².